The van der Waals surface area contributed by atoms with Gasteiger partial charge in [-0.1, -0.05) is 49.0 Å². The van der Waals surface area contributed by atoms with Crippen LogP contribution in [0.5, 0.6) is 0 Å². The van der Waals surface area contributed by atoms with E-state index in [0.29, 0.717) is 5.41 Å². The first-order valence-electron chi connectivity index (χ1n) is 7.04. The fourth-order valence-corrected chi connectivity index (χ4v) is 3.85. The van der Waals surface area contributed by atoms with Crippen LogP contribution in [0.4, 0.5) is 0 Å². The monoisotopic (exact) mass is 289 g/mol. The fraction of sp³-hybridized carbons (Fsp3) is 1.00. The Balaban J connectivity index is 2.52. The van der Waals surface area contributed by atoms with Crippen LogP contribution in [0, 0.1) is 5.41 Å². The van der Waals surface area contributed by atoms with Crippen LogP contribution in [0.15, 0.2) is 0 Å². The molecule has 0 saturated carbocycles. The van der Waals surface area contributed by atoms with Gasteiger partial charge in [-0.25, -0.2) is 0 Å². The van der Waals surface area contributed by atoms with Crippen molar-refractivity contribution in [2.75, 3.05) is 25.0 Å². The number of hydrogen-bond acceptors (Lipinski definition) is 1. The lowest BCUT2D eigenvalue weighted by Crippen LogP contribution is -2.41. The third-order valence-corrected chi connectivity index (χ3v) is 5.04. The van der Waals surface area contributed by atoms with Crippen LogP contribution in [-0.4, -0.2) is 29.9 Å². The molecule has 1 heterocycles. The van der Waals surface area contributed by atoms with Gasteiger partial charge in [-0.2, -0.15) is 0 Å². The van der Waals surface area contributed by atoms with E-state index in [1.807, 2.05) is 0 Å². The summed E-state index contributed by atoms with van der Waals surface area (Å²) in [7, 11) is 0. The molecule has 1 nitrogen and oxygen atoms in total. The summed E-state index contributed by atoms with van der Waals surface area (Å²) in [5.41, 5.74) is 0.542. The second kappa shape index (κ2) is 7.71. The highest BCUT2D eigenvalue weighted by molar-refractivity contribution is 9.09. The first kappa shape index (κ1) is 14.5. The molecule has 0 bridgehead atoms. The molecule has 0 radical (unpaired) electrons. The van der Waals surface area contributed by atoms with Gasteiger partial charge in [0.2, 0.25) is 0 Å². The topological polar surface area (TPSA) is 3.24 Å². The van der Waals surface area contributed by atoms with E-state index in [0.717, 1.165) is 0 Å². The summed E-state index contributed by atoms with van der Waals surface area (Å²) in [6.07, 6.45) is 9.66. The molecule has 0 spiro atoms. The average molecular weight is 290 g/mol. The van der Waals surface area contributed by atoms with Crippen molar-refractivity contribution >= 4 is 15.9 Å². The van der Waals surface area contributed by atoms with Crippen molar-refractivity contribution in [3.05, 3.63) is 0 Å². The highest BCUT2D eigenvalue weighted by Crippen LogP contribution is 2.33. The number of likely N-dealkylation sites (tertiary alicyclic amines) is 1. The van der Waals surface area contributed by atoms with E-state index >= 15 is 0 Å². The summed E-state index contributed by atoms with van der Waals surface area (Å²) in [6.45, 7) is 8.64. The summed E-state index contributed by atoms with van der Waals surface area (Å²) in [5.74, 6) is 0. The molecule has 1 fully saturated rings. The van der Waals surface area contributed by atoms with Crippen LogP contribution in [0.25, 0.3) is 0 Å². The molecule has 0 unspecified atom stereocenters. The van der Waals surface area contributed by atoms with Crippen molar-refractivity contribution in [2.24, 2.45) is 5.41 Å². The van der Waals surface area contributed by atoms with Crippen molar-refractivity contribution in [3.8, 4) is 0 Å². The van der Waals surface area contributed by atoms with E-state index in [-0.39, 0.29) is 0 Å². The zero-order valence-corrected chi connectivity index (χ0v) is 12.7. The predicted octanol–water partition coefficient (Wildman–Crippen LogP) is 4.45. The molecule has 1 aliphatic heterocycles. The van der Waals surface area contributed by atoms with Gasteiger partial charge in [0.05, 0.1) is 0 Å². The standard InChI is InChI=1S/C14H28BrN/c1-3-8-14(12-15,9-4-2)13-16-10-6-5-7-11-16/h3-13H2,1-2H3. The smallest absolute Gasteiger partial charge is 0.0100 e. The van der Waals surface area contributed by atoms with Gasteiger partial charge in [0, 0.05) is 11.9 Å². The van der Waals surface area contributed by atoms with Gasteiger partial charge in [0.1, 0.15) is 0 Å². The molecule has 0 aromatic carbocycles. The minimum absolute atomic E-state index is 0.542. The number of rotatable bonds is 7. The molecule has 0 N–H and O–H groups in total. The van der Waals surface area contributed by atoms with E-state index in [9.17, 15) is 0 Å². The number of halogens is 1. The highest BCUT2D eigenvalue weighted by Gasteiger charge is 2.29. The lowest BCUT2D eigenvalue weighted by molar-refractivity contribution is 0.128. The normalized spacial score (nSPS) is 18.9. The highest BCUT2D eigenvalue weighted by atomic mass is 79.9. The molecule has 0 aliphatic carbocycles. The Morgan fingerprint density at radius 2 is 1.56 bits per heavy atom. The summed E-state index contributed by atoms with van der Waals surface area (Å²) >= 11 is 3.78. The maximum Gasteiger partial charge on any atom is 0.0100 e. The van der Waals surface area contributed by atoms with Gasteiger partial charge in [-0.15, -0.1) is 0 Å². The molecule has 0 atom stereocenters. The van der Waals surface area contributed by atoms with E-state index in [2.05, 4.69) is 34.7 Å². The van der Waals surface area contributed by atoms with Gasteiger partial charge >= 0.3 is 0 Å². The molecule has 96 valence electrons. The Morgan fingerprint density at radius 3 is 2.00 bits per heavy atom. The number of hydrogen-bond donors (Lipinski definition) is 0. The third-order valence-electron chi connectivity index (χ3n) is 3.85. The predicted molar refractivity (Wildman–Crippen MR) is 76.3 cm³/mol. The lowest BCUT2D eigenvalue weighted by Gasteiger charge is -2.39. The van der Waals surface area contributed by atoms with Crippen LogP contribution < -0.4 is 0 Å². The zero-order valence-electron chi connectivity index (χ0n) is 11.1. The number of nitrogens with zero attached hydrogens (tertiary/aromatic N) is 1. The molecular weight excluding hydrogens is 262 g/mol. The quantitative estimate of drug-likeness (QED) is 0.626. The molecule has 0 amide bonds. The van der Waals surface area contributed by atoms with Crippen LogP contribution in [0.2, 0.25) is 0 Å². The Morgan fingerprint density at radius 1 is 1.00 bits per heavy atom. The van der Waals surface area contributed by atoms with E-state index < -0.39 is 0 Å². The van der Waals surface area contributed by atoms with Crippen molar-refractivity contribution in [1.82, 2.24) is 4.90 Å². The van der Waals surface area contributed by atoms with Crippen LogP contribution >= 0.6 is 15.9 Å². The summed E-state index contributed by atoms with van der Waals surface area (Å²) in [6, 6.07) is 0. The van der Waals surface area contributed by atoms with Crippen LogP contribution in [-0.2, 0) is 0 Å². The van der Waals surface area contributed by atoms with Gasteiger partial charge < -0.3 is 4.90 Å². The van der Waals surface area contributed by atoms with Gasteiger partial charge in [-0.05, 0) is 44.2 Å². The first-order valence-corrected chi connectivity index (χ1v) is 8.17. The Bertz CT molecular complexity index is 170. The maximum absolute atomic E-state index is 3.78. The molecule has 0 aromatic heterocycles. The number of piperidine rings is 1. The summed E-state index contributed by atoms with van der Waals surface area (Å²) in [5, 5.41) is 1.18. The molecule has 0 aromatic rings. The minimum Gasteiger partial charge on any atom is -0.303 e. The van der Waals surface area contributed by atoms with Crippen molar-refractivity contribution in [3.63, 3.8) is 0 Å². The van der Waals surface area contributed by atoms with E-state index in [1.165, 1.54) is 69.9 Å². The summed E-state index contributed by atoms with van der Waals surface area (Å²) < 4.78 is 0. The fourth-order valence-electron chi connectivity index (χ4n) is 3.11. The molecule has 1 rings (SSSR count). The minimum atomic E-state index is 0.542. The first-order chi connectivity index (χ1) is 7.76. The van der Waals surface area contributed by atoms with Crippen molar-refractivity contribution < 1.29 is 0 Å². The second-order valence-corrected chi connectivity index (χ2v) is 6.03. The third kappa shape index (κ3) is 4.37. The molecule has 1 aliphatic rings. The zero-order chi connectivity index (χ0) is 11.9. The van der Waals surface area contributed by atoms with Gasteiger partial charge in [-0.3, -0.25) is 0 Å². The SMILES string of the molecule is CCCC(CBr)(CCC)CN1CCCCC1. The molecule has 2 heteroatoms. The van der Waals surface area contributed by atoms with Crippen LogP contribution in [0.1, 0.15) is 58.8 Å². The lowest BCUT2D eigenvalue weighted by atomic mass is 9.80. The Labute approximate surface area is 110 Å². The average Bonchev–Trinajstić information content (AvgIpc) is 2.31. The molecule has 1 saturated heterocycles. The van der Waals surface area contributed by atoms with Crippen molar-refractivity contribution in [2.45, 2.75) is 58.8 Å². The largest absolute Gasteiger partial charge is 0.303 e. The Kier molecular flexibility index (Phi) is 6.98. The molecule has 16 heavy (non-hydrogen) atoms. The van der Waals surface area contributed by atoms with Gasteiger partial charge in [0.25, 0.3) is 0 Å². The second-order valence-electron chi connectivity index (χ2n) is 5.47. The van der Waals surface area contributed by atoms with Gasteiger partial charge in [0.15, 0.2) is 0 Å². The number of alkyl halides is 1. The van der Waals surface area contributed by atoms with Crippen molar-refractivity contribution in [1.29, 1.82) is 0 Å². The van der Waals surface area contributed by atoms with E-state index in [4.69, 9.17) is 0 Å². The van der Waals surface area contributed by atoms with E-state index in [1.54, 1.807) is 0 Å². The van der Waals surface area contributed by atoms with Crippen LogP contribution in [0.3, 0.4) is 0 Å². The summed E-state index contributed by atoms with van der Waals surface area (Å²) in [4.78, 5) is 2.70. The Hall–Kier alpha value is 0.440. The maximum atomic E-state index is 3.78. The molecular formula is C14H28BrN.